The molecule has 0 amide bonds. The van der Waals surface area contributed by atoms with Crippen molar-refractivity contribution in [2.75, 3.05) is 13.2 Å². The first-order valence-corrected chi connectivity index (χ1v) is 35.3. The summed E-state index contributed by atoms with van der Waals surface area (Å²) in [5.41, 5.74) is 0. The fourth-order valence-electron chi connectivity index (χ4n) is 10.9. The van der Waals surface area contributed by atoms with Crippen LogP contribution in [0.2, 0.25) is 0 Å². The Morgan fingerprint density at radius 3 is 0.744 bits per heavy atom. The van der Waals surface area contributed by atoms with Crippen LogP contribution in [-0.2, 0) is 28.6 Å². The van der Waals surface area contributed by atoms with Crippen LogP contribution in [0, 0.1) is 0 Å². The first kappa shape index (κ1) is 75.9. The monoisotopic (exact) mass is 1100 g/mol. The molecular formula is C72H136O6. The molecule has 6 heteroatoms. The topological polar surface area (TPSA) is 78.9 Å². The highest BCUT2D eigenvalue weighted by molar-refractivity contribution is 5.71. The molecule has 0 aliphatic carbocycles. The van der Waals surface area contributed by atoms with Crippen LogP contribution in [0.4, 0.5) is 0 Å². The molecule has 0 aliphatic rings. The van der Waals surface area contributed by atoms with Gasteiger partial charge < -0.3 is 14.2 Å². The van der Waals surface area contributed by atoms with Crippen LogP contribution in [-0.4, -0.2) is 37.2 Å². The number of unbranched alkanes of at least 4 members (excludes halogenated alkanes) is 51. The summed E-state index contributed by atoms with van der Waals surface area (Å²) in [5, 5.41) is 0. The molecule has 0 aliphatic heterocycles. The smallest absolute Gasteiger partial charge is 0.306 e. The molecule has 0 aromatic carbocycles. The molecule has 0 bridgehead atoms. The van der Waals surface area contributed by atoms with Gasteiger partial charge in [-0.15, -0.1) is 0 Å². The van der Waals surface area contributed by atoms with Gasteiger partial charge in [-0.2, -0.15) is 0 Å². The Morgan fingerprint density at radius 2 is 0.474 bits per heavy atom. The number of hydrogen-bond donors (Lipinski definition) is 0. The fraction of sp³-hybridized carbons (Fsp3) is 0.903. The van der Waals surface area contributed by atoms with Crippen molar-refractivity contribution >= 4 is 17.9 Å². The van der Waals surface area contributed by atoms with E-state index in [1.54, 1.807) is 0 Å². The van der Waals surface area contributed by atoms with Crippen molar-refractivity contribution in [1.82, 2.24) is 0 Å². The highest BCUT2D eigenvalue weighted by Crippen LogP contribution is 2.19. The lowest BCUT2D eigenvalue weighted by Gasteiger charge is -2.18. The van der Waals surface area contributed by atoms with E-state index in [-0.39, 0.29) is 31.1 Å². The lowest BCUT2D eigenvalue weighted by Crippen LogP contribution is -2.30. The quantitative estimate of drug-likeness (QED) is 0.0261. The third-order valence-corrected chi connectivity index (χ3v) is 16.2. The van der Waals surface area contributed by atoms with Crippen molar-refractivity contribution in [1.29, 1.82) is 0 Å². The van der Waals surface area contributed by atoms with Gasteiger partial charge in [0.1, 0.15) is 13.2 Å². The molecule has 1 atom stereocenters. The van der Waals surface area contributed by atoms with E-state index in [0.29, 0.717) is 19.3 Å². The minimum Gasteiger partial charge on any atom is -0.462 e. The normalized spacial score (nSPS) is 12.1. The molecule has 0 aromatic heterocycles. The van der Waals surface area contributed by atoms with Crippen LogP contribution in [0.1, 0.15) is 400 Å². The van der Waals surface area contributed by atoms with Gasteiger partial charge in [-0.05, 0) is 44.9 Å². The van der Waals surface area contributed by atoms with E-state index >= 15 is 0 Å². The van der Waals surface area contributed by atoms with Crippen LogP contribution < -0.4 is 0 Å². The molecule has 0 saturated heterocycles. The lowest BCUT2D eigenvalue weighted by atomic mass is 10.0. The highest BCUT2D eigenvalue weighted by Gasteiger charge is 2.19. The summed E-state index contributed by atoms with van der Waals surface area (Å²) in [6.07, 6.45) is 82.2. The summed E-state index contributed by atoms with van der Waals surface area (Å²) in [5.74, 6) is -0.854. The van der Waals surface area contributed by atoms with E-state index < -0.39 is 6.10 Å². The van der Waals surface area contributed by atoms with Gasteiger partial charge in [0, 0.05) is 19.3 Å². The number of esters is 3. The Bertz CT molecular complexity index is 1260. The van der Waals surface area contributed by atoms with Crippen LogP contribution >= 0.6 is 0 Å². The zero-order valence-corrected chi connectivity index (χ0v) is 53.0. The Balaban J connectivity index is 4.11. The summed E-state index contributed by atoms with van der Waals surface area (Å²) < 4.78 is 17.0. The molecule has 460 valence electrons. The van der Waals surface area contributed by atoms with E-state index in [2.05, 4.69) is 45.1 Å². The van der Waals surface area contributed by atoms with E-state index in [0.717, 1.165) is 77.0 Å². The molecule has 1 unspecified atom stereocenters. The maximum absolute atomic E-state index is 12.9. The van der Waals surface area contributed by atoms with Gasteiger partial charge in [-0.25, -0.2) is 0 Å². The zero-order valence-electron chi connectivity index (χ0n) is 53.0. The first-order chi connectivity index (χ1) is 38.5. The lowest BCUT2D eigenvalue weighted by molar-refractivity contribution is -0.167. The van der Waals surface area contributed by atoms with Gasteiger partial charge in [0.05, 0.1) is 0 Å². The molecule has 0 rings (SSSR count). The molecule has 0 N–H and O–H groups in total. The number of carbonyl (C=O) groups excluding carboxylic acids is 3. The van der Waals surface area contributed by atoms with Crippen molar-refractivity contribution < 1.29 is 28.6 Å². The highest BCUT2D eigenvalue weighted by atomic mass is 16.6. The third kappa shape index (κ3) is 64.7. The Hall–Kier alpha value is -2.11. The number of ether oxygens (including phenoxy) is 3. The maximum Gasteiger partial charge on any atom is 0.306 e. The predicted octanol–water partition coefficient (Wildman–Crippen LogP) is 24.2. The average molecular weight is 1100 g/mol. The van der Waals surface area contributed by atoms with Gasteiger partial charge in [-0.3, -0.25) is 14.4 Å². The zero-order chi connectivity index (χ0) is 56.4. The van der Waals surface area contributed by atoms with E-state index in [1.807, 2.05) is 0 Å². The second-order valence-electron chi connectivity index (χ2n) is 24.2. The molecule has 0 spiro atoms. The number of allylic oxidation sites excluding steroid dienone is 4. The number of carbonyl (C=O) groups is 3. The summed E-state index contributed by atoms with van der Waals surface area (Å²) in [7, 11) is 0. The summed E-state index contributed by atoms with van der Waals surface area (Å²) in [6.45, 7) is 6.66. The van der Waals surface area contributed by atoms with E-state index in [1.165, 1.54) is 283 Å². The largest absolute Gasteiger partial charge is 0.462 e. The van der Waals surface area contributed by atoms with Crippen molar-refractivity contribution in [2.24, 2.45) is 0 Å². The molecule has 0 fully saturated rings. The Kier molecular flexibility index (Phi) is 65.6. The van der Waals surface area contributed by atoms with Crippen LogP contribution in [0.25, 0.3) is 0 Å². The average Bonchev–Trinajstić information content (AvgIpc) is 3.44. The van der Waals surface area contributed by atoms with Gasteiger partial charge in [0.25, 0.3) is 0 Å². The van der Waals surface area contributed by atoms with Crippen molar-refractivity contribution in [3.05, 3.63) is 24.3 Å². The molecule has 0 radical (unpaired) electrons. The molecule has 0 aromatic rings. The van der Waals surface area contributed by atoms with Crippen molar-refractivity contribution in [3.63, 3.8) is 0 Å². The Morgan fingerprint density at radius 1 is 0.256 bits per heavy atom. The molecule has 0 saturated carbocycles. The van der Waals surface area contributed by atoms with E-state index in [9.17, 15) is 14.4 Å². The van der Waals surface area contributed by atoms with Gasteiger partial charge in [0.2, 0.25) is 0 Å². The minimum atomic E-state index is -0.773. The van der Waals surface area contributed by atoms with Gasteiger partial charge >= 0.3 is 17.9 Å². The fourth-order valence-corrected chi connectivity index (χ4v) is 10.9. The van der Waals surface area contributed by atoms with Crippen molar-refractivity contribution in [3.8, 4) is 0 Å². The maximum atomic E-state index is 12.9. The summed E-state index contributed by atoms with van der Waals surface area (Å²) in [4.78, 5) is 38.3. The molecule has 78 heavy (non-hydrogen) atoms. The third-order valence-electron chi connectivity index (χ3n) is 16.2. The van der Waals surface area contributed by atoms with Gasteiger partial charge in [-0.1, -0.05) is 360 Å². The second kappa shape index (κ2) is 67.4. The summed E-state index contributed by atoms with van der Waals surface area (Å²) >= 11 is 0. The van der Waals surface area contributed by atoms with Crippen LogP contribution in [0.5, 0.6) is 0 Å². The first-order valence-electron chi connectivity index (χ1n) is 35.3. The Labute approximate surface area is 487 Å². The SMILES string of the molecule is CCCC/C=C\C/C=C\CCCCCCCC(=O)OCC(COC(=O)CCCCCCCCCCCCCCCCCCCCCCCCCCCCCCCCC)OC(=O)CCCCCCCCCCCCCCCCC. The molecular weight excluding hydrogens is 961 g/mol. The van der Waals surface area contributed by atoms with Crippen molar-refractivity contribution in [2.45, 2.75) is 406 Å². The minimum absolute atomic E-state index is 0.0695. The summed E-state index contributed by atoms with van der Waals surface area (Å²) in [6, 6.07) is 0. The number of rotatable bonds is 66. The predicted molar refractivity (Wildman–Crippen MR) is 340 cm³/mol. The molecule has 0 heterocycles. The van der Waals surface area contributed by atoms with Crippen LogP contribution in [0.3, 0.4) is 0 Å². The molecule has 6 nitrogen and oxygen atoms in total. The second-order valence-corrected chi connectivity index (χ2v) is 24.2. The van der Waals surface area contributed by atoms with Gasteiger partial charge in [0.15, 0.2) is 6.10 Å². The standard InChI is InChI=1S/C72H136O6/c1-4-7-10-13-16-19-22-25-28-29-30-31-32-33-34-35-36-37-38-39-40-41-42-43-45-47-50-53-56-59-62-65-71(74)77-68-69(67-76-70(73)64-61-58-55-52-49-46-27-24-21-18-15-12-9-6-3)78-72(75)66-63-60-57-54-51-48-44-26-23-20-17-14-11-8-5-2/h15,18,24,27,69H,4-14,16-17,19-23,25-26,28-68H2,1-3H3/b18-15-,27-24-. The van der Waals surface area contributed by atoms with E-state index in [4.69, 9.17) is 14.2 Å². The number of hydrogen-bond acceptors (Lipinski definition) is 6. The van der Waals surface area contributed by atoms with Crippen LogP contribution in [0.15, 0.2) is 24.3 Å².